The molecule has 4 aliphatic carbocycles. The fourth-order valence-corrected chi connectivity index (χ4v) is 6.99. The van der Waals surface area contributed by atoms with E-state index in [2.05, 4.69) is 33.8 Å². The highest BCUT2D eigenvalue weighted by Gasteiger charge is 2.51. The lowest BCUT2D eigenvalue weighted by Crippen LogP contribution is -2.41. The Kier molecular flexibility index (Phi) is 2.89. The molecule has 1 aromatic carbocycles. The van der Waals surface area contributed by atoms with Crippen LogP contribution in [0.5, 0.6) is 0 Å². The van der Waals surface area contributed by atoms with Gasteiger partial charge in [0.05, 0.1) is 29.9 Å². The van der Waals surface area contributed by atoms with Gasteiger partial charge >= 0.3 is 0 Å². The minimum absolute atomic E-state index is 0.245. The molecule has 4 unspecified atom stereocenters. The standard InChI is InChI=1S/C22H26N2O/c25-22(10-16-6-14-5-15(7-16)9-17(22)8-14)11-20-18-3-1-2-4-19(18)21-12-23-13-24(20)21/h1-4,12-17,20,25H,5-11H2. The van der Waals surface area contributed by atoms with Gasteiger partial charge in [0.15, 0.2) is 0 Å². The van der Waals surface area contributed by atoms with E-state index in [-0.39, 0.29) is 6.04 Å². The van der Waals surface area contributed by atoms with E-state index in [0.29, 0.717) is 5.92 Å². The molecule has 25 heavy (non-hydrogen) atoms. The van der Waals surface area contributed by atoms with E-state index in [0.717, 1.165) is 30.6 Å². The van der Waals surface area contributed by atoms with Gasteiger partial charge < -0.3 is 9.67 Å². The van der Waals surface area contributed by atoms with Crippen molar-refractivity contribution in [1.29, 1.82) is 0 Å². The van der Waals surface area contributed by atoms with Crippen LogP contribution in [0.2, 0.25) is 0 Å². The molecule has 1 aromatic heterocycles. The normalized spacial score (nSPS) is 40.8. The molecule has 3 nitrogen and oxygen atoms in total. The number of aliphatic hydroxyl groups is 1. The maximum Gasteiger partial charge on any atom is 0.0956 e. The third-order valence-corrected chi connectivity index (χ3v) is 7.78. The fourth-order valence-electron chi connectivity index (χ4n) is 6.99. The number of rotatable bonds is 2. The van der Waals surface area contributed by atoms with E-state index in [4.69, 9.17) is 0 Å². The predicted molar refractivity (Wildman–Crippen MR) is 97.0 cm³/mol. The van der Waals surface area contributed by atoms with Crippen LogP contribution in [-0.4, -0.2) is 20.3 Å². The fraction of sp³-hybridized carbons (Fsp3) is 0.591. The topological polar surface area (TPSA) is 38.1 Å². The van der Waals surface area contributed by atoms with Crippen molar-refractivity contribution >= 4 is 0 Å². The molecule has 1 aliphatic heterocycles. The number of nitrogens with zero attached hydrogens (tertiary/aromatic N) is 2. The average Bonchev–Trinajstić information content (AvgIpc) is 3.13. The Bertz CT molecular complexity index is 813. The molecule has 0 saturated heterocycles. The van der Waals surface area contributed by atoms with Crippen LogP contribution < -0.4 is 0 Å². The smallest absolute Gasteiger partial charge is 0.0956 e. The third kappa shape index (κ3) is 2.05. The number of fused-ring (bicyclic) bond motifs is 4. The zero-order valence-corrected chi connectivity index (χ0v) is 14.6. The first-order valence-electron chi connectivity index (χ1n) is 10.0. The SMILES string of the molecule is OC1(CC2c3ccccc3-c3cncn32)CC2CC3CC(C2)CC1C3. The second-order valence-corrected chi connectivity index (χ2v) is 9.27. The molecule has 0 radical (unpaired) electrons. The van der Waals surface area contributed by atoms with Gasteiger partial charge in [-0.05, 0) is 67.8 Å². The maximum absolute atomic E-state index is 11.9. The minimum atomic E-state index is -0.502. The van der Waals surface area contributed by atoms with Crippen LogP contribution >= 0.6 is 0 Å². The van der Waals surface area contributed by atoms with E-state index in [1.54, 1.807) is 0 Å². The second kappa shape index (κ2) is 4.97. The largest absolute Gasteiger partial charge is 0.389 e. The quantitative estimate of drug-likeness (QED) is 0.883. The summed E-state index contributed by atoms with van der Waals surface area (Å²) in [5.74, 6) is 3.02. The zero-order chi connectivity index (χ0) is 16.6. The van der Waals surface area contributed by atoms with Gasteiger partial charge in [0, 0.05) is 12.0 Å². The van der Waals surface area contributed by atoms with Gasteiger partial charge in [-0.1, -0.05) is 24.3 Å². The maximum atomic E-state index is 11.9. The Morgan fingerprint density at radius 1 is 1.04 bits per heavy atom. The average molecular weight is 334 g/mol. The van der Waals surface area contributed by atoms with Gasteiger partial charge in [-0.3, -0.25) is 0 Å². The monoisotopic (exact) mass is 334 g/mol. The number of hydrogen-bond acceptors (Lipinski definition) is 2. The molecule has 3 heteroatoms. The highest BCUT2D eigenvalue weighted by atomic mass is 16.3. The lowest BCUT2D eigenvalue weighted by Gasteiger charge is -2.42. The molecule has 5 aliphatic rings. The molecule has 2 heterocycles. The van der Waals surface area contributed by atoms with E-state index in [1.807, 2.05) is 12.5 Å². The first kappa shape index (κ1) is 14.5. The zero-order valence-electron chi connectivity index (χ0n) is 14.6. The van der Waals surface area contributed by atoms with E-state index < -0.39 is 5.60 Å². The van der Waals surface area contributed by atoms with Gasteiger partial charge in [0.25, 0.3) is 0 Å². The Morgan fingerprint density at radius 3 is 2.64 bits per heavy atom. The number of aromatic nitrogens is 2. The number of hydrogen-bond donors (Lipinski definition) is 1. The van der Waals surface area contributed by atoms with Crippen molar-refractivity contribution < 1.29 is 5.11 Å². The summed E-state index contributed by atoms with van der Waals surface area (Å²) in [5.41, 5.74) is 3.38. The summed E-state index contributed by atoms with van der Waals surface area (Å²) in [7, 11) is 0. The van der Waals surface area contributed by atoms with Gasteiger partial charge in [-0.15, -0.1) is 0 Å². The van der Waals surface area contributed by atoms with Crippen LogP contribution in [-0.2, 0) is 0 Å². The third-order valence-electron chi connectivity index (χ3n) is 7.78. The van der Waals surface area contributed by atoms with Crippen LogP contribution in [0.1, 0.15) is 56.6 Å². The van der Waals surface area contributed by atoms with Crippen LogP contribution in [0.25, 0.3) is 11.3 Å². The minimum Gasteiger partial charge on any atom is -0.389 e. The summed E-state index contributed by atoms with van der Waals surface area (Å²) in [6.07, 6.45) is 12.5. The Balaban J connectivity index is 1.40. The Morgan fingerprint density at radius 2 is 1.80 bits per heavy atom. The molecule has 4 fully saturated rings. The Labute approximate surface area is 149 Å². The van der Waals surface area contributed by atoms with Crippen molar-refractivity contribution in [2.75, 3.05) is 0 Å². The first-order chi connectivity index (χ1) is 12.2. The highest BCUT2D eigenvalue weighted by Crippen LogP contribution is 2.57. The summed E-state index contributed by atoms with van der Waals surface area (Å²) in [6, 6.07) is 8.94. The summed E-state index contributed by atoms with van der Waals surface area (Å²) in [6.45, 7) is 0. The number of imidazole rings is 1. The molecular weight excluding hydrogens is 308 g/mol. The molecule has 4 saturated carbocycles. The van der Waals surface area contributed by atoms with Gasteiger partial charge in [0.1, 0.15) is 0 Å². The predicted octanol–water partition coefficient (Wildman–Crippen LogP) is 4.42. The molecule has 4 bridgehead atoms. The van der Waals surface area contributed by atoms with Crippen molar-refractivity contribution in [3.05, 3.63) is 42.4 Å². The van der Waals surface area contributed by atoms with Crippen molar-refractivity contribution in [2.45, 2.75) is 56.6 Å². The van der Waals surface area contributed by atoms with Crippen molar-refractivity contribution in [3.63, 3.8) is 0 Å². The van der Waals surface area contributed by atoms with Gasteiger partial charge in [-0.25, -0.2) is 4.98 Å². The summed E-state index contributed by atoms with van der Waals surface area (Å²) in [5, 5.41) is 11.9. The van der Waals surface area contributed by atoms with E-state index >= 15 is 0 Å². The van der Waals surface area contributed by atoms with E-state index in [9.17, 15) is 5.11 Å². The van der Waals surface area contributed by atoms with E-state index in [1.165, 1.54) is 48.9 Å². The lowest BCUT2D eigenvalue weighted by molar-refractivity contribution is -0.0522. The summed E-state index contributed by atoms with van der Waals surface area (Å²) >= 11 is 0. The summed E-state index contributed by atoms with van der Waals surface area (Å²) in [4.78, 5) is 4.39. The molecule has 4 atom stereocenters. The number of benzene rings is 1. The molecule has 0 amide bonds. The van der Waals surface area contributed by atoms with Crippen LogP contribution in [0.3, 0.4) is 0 Å². The molecular formula is C22H26N2O. The van der Waals surface area contributed by atoms with Crippen molar-refractivity contribution in [2.24, 2.45) is 23.7 Å². The second-order valence-electron chi connectivity index (χ2n) is 9.27. The van der Waals surface area contributed by atoms with Crippen LogP contribution in [0.15, 0.2) is 36.8 Å². The molecule has 0 spiro atoms. The van der Waals surface area contributed by atoms with Crippen LogP contribution in [0, 0.1) is 23.7 Å². The highest BCUT2D eigenvalue weighted by molar-refractivity contribution is 5.68. The molecule has 2 aromatic rings. The molecule has 7 rings (SSSR count). The first-order valence-corrected chi connectivity index (χ1v) is 10.0. The molecule has 130 valence electrons. The lowest BCUT2D eigenvalue weighted by atomic mass is 9.66. The van der Waals surface area contributed by atoms with Gasteiger partial charge in [-0.2, -0.15) is 0 Å². The van der Waals surface area contributed by atoms with Crippen LogP contribution in [0.4, 0.5) is 0 Å². The molecule has 1 N–H and O–H groups in total. The van der Waals surface area contributed by atoms with Gasteiger partial charge in [0.2, 0.25) is 0 Å². The van der Waals surface area contributed by atoms with Crippen molar-refractivity contribution in [1.82, 2.24) is 9.55 Å². The van der Waals surface area contributed by atoms with Crippen molar-refractivity contribution in [3.8, 4) is 11.3 Å². The Hall–Kier alpha value is -1.61. The summed E-state index contributed by atoms with van der Waals surface area (Å²) < 4.78 is 2.30.